The quantitative estimate of drug-likeness (QED) is 0.265. The number of carbonyl (C=O) groups excluding carboxylic acids is 2. The van der Waals surface area contributed by atoms with Gasteiger partial charge in [-0.2, -0.15) is 0 Å². The van der Waals surface area contributed by atoms with Crippen LogP contribution < -0.4 is 15.5 Å². The van der Waals surface area contributed by atoms with E-state index in [1.807, 2.05) is 79.7 Å². The Morgan fingerprint density at radius 1 is 0.868 bits per heavy atom. The Kier molecular flexibility index (Phi) is 7.52. The lowest BCUT2D eigenvalue weighted by atomic mass is 9.98. The van der Waals surface area contributed by atoms with Gasteiger partial charge < -0.3 is 20.6 Å². The van der Waals surface area contributed by atoms with E-state index in [4.69, 9.17) is 0 Å². The number of rotatable bonds is 8. The van der Waals surface area contributed by atoms with Crippen LogP contribution in [0, 0.1) is 6.92 Å². The molecule has 192 valence electrons. The first kappa shape index (κ1) is 25.2. The first-order valence-electron chi connectivity index (χ1n) is 12.8. The first-order chi connectivity index (χ1) is 18.5. The average Bonchev–Trinajstić information content (AvgIpc) is 3.39. The fourth-order valence-electron chi connectivity index (χ4n) is 4.65. The topological polar surface area (TPSA) is 81.7 Å². The number of benzene rings is 4. The highest BCUT2D eigenvalue weighted by molar-refractivity contribution is 6.09. The zero-order chi connectivity index (χ0) is 26.5. The molecule has 0 radical (unpaired) electrons. The second-order valence-corrected chi connectivity index (χ2v) is 9.66. The highest BCUT2D eigenvalue weighted by Crippen LogP contribution is 2.25. The largest absolute Gasteiger partial charge is 0.391 e. The van der Waals surface area contributed by atoms with Crippen molar-refractivity contribution in [3.05, 3.63) is 114 Å². The summed E-state index contributed by atoms with van der Waals surface area (Å²) >= 11 is 0. The molecule has 6 heteroatoms. The Labute approximate surface area is 222 Å². The molecule has 1 amide bonds. The number of anilines is 3. The molecule has 1 saturated heterocycles. The minimum Gasteiger partial charge on any atom is -0.391 e. The van der Waals surface area contributed by atoms with Crippen molar-refractivity contribution in [2.75, 3.05) is 35.2 Å². The van der Waals surface area contributed by atoms with Crippen LogP contribution in [0.5, 0.6) is 0 Å². The van der Waals surface area contributed by atoms with Gasteiger partial charge in [0.25, 0.3) is 5.91 Å². The van der Waals surface area contributed by atoms with E-state index < -0.39 is 0 Å². The van der Waals surface area contributed by atoms with Crippen LogP contribution in [0.3, 0.4) is 0 Å². The minimum absolute atomic E-state index is 0.0423. The molecule has 0 saturated carbocycles. The zero-order valence-corrected chi connectivity index (χ0v) is 21.4. The maximum atomic E-state index is 13.1. The summed E-state index contributed by atoms with van der Waals surface area (Å²) < 4.78 is 0. The lowest BCUT2D eigenvalue weighted by Crippen LogP contribution is -2.21. The van der Waals surface area contributed by atoms with Crippen LogP contribution in [-0.2, 0) is 0 Å². The predicted octanol–water partition coefficient (Wildman–Crippen LogP) is 5.78. The van der Waals surface area contributed by atoms with E-state index in [0.717, 1.165) is 41.0 Å². The number of hydrogen-bond acceptors (Lipinski definition) is 5. The number of carbonyl (C=O) groups is 2. The summed E-state index contributed by atoms with van der Waals surface area (Å²) in [5.74, 6) is -0.242. The number of ketones is 1. The van der Waals surface area contributed by atoms with E-state index in [1.54, 1.807) is 24.3 Å². The molecule has 1 aliphatic rings. The van der Waals surface area contributed by atoms with Crippen molar-refractivity contribution in [1.29, 1.82) is 0 Å². The number of β-amino-alcohol motifs (C(OH)–C–C–N with tert-alkyl or cyclic N) is 1. The monoisotopic (exact) mass is 505 g/mol. The maximum Gasteiger partial charge on any atom is 0.256 e. The molecule has 0 bridgehead atoms. The van der Waals surface area contributed by atoms with Crippen molar-refractivity contribution in [2.24, 2.45) is 0 Å². The highest BCUT2D eigenvalue weighted by atomic mass is 16.3. The molecule has 4 aromatic rings. The molecule has 1 atom stereocenters. The summed E-state index contributed by atoms with van der Waals surface area (Å²) in [7, 11) is 0. The Morgan fingerprint density at radius 2 is 1.55 bits per heavy atom. The highest BCUT2D eigenvalue weighted by Gasteiger charge is 2.20. The maximum absolute atomic E-state index is 13.1. The van der Waals surface area contributed by atoms with E-state index in [1.165, 1.54) is 0 Å². The summed E-state index contributed by atoms with van der Waals surface area (Å²) in [6.45, 7) is 3.70. The van der Waals surface area contributed by atoms with Crippen LogP contribution in [0.1, 0.15) is 32.7 Å². The van der Waals surface area contributed by atoms with Crippen LogP contribution >= 0.6 is 0 Å². The van der Waals surface area contributed by atoms with Crippen molar-refractivity contribution < 1.29 is 14.7 Å². The van der Waals surface area contributed by atoms with Gasteiger partial charge in [0.15, 0.2) is 5.78 Å². The van der Waals surface area contributed by atoms with E-state index in [0.29, 0.717) is 23.4 Å². The smallest absolute Gasteiger partial charge is 0.256 e. The zero-order valence-electron chi connectivity index (χ0n) is 21.4. The van der Waals surface area contributed by atoms with Gasteiger partial charge in [0, 0.05) is 41.3 Å². The molecule has 0 spiro atoms. The van der Waals surface area contributed by atoms with Crippen molar-refractivity contribution in [3.63, 3.8) is 0 Å². The van der Waals surface area contributed by atoms with Crippen molar-refractivity contribution in [2.45, 2.75) is 19.4 Å². The number of nitrogens with zero attached hydrogens (tertiary/aromatic N) is 1. The standard InChI is InChI=1S/C32H31N3O3/c1-22-6-8-23(9-7-22)29-4-2-3-5-30(29)32(38)34-26-12-10-24(11-13-26)31(37)20-33-25-14-16-27(17-15-25)35-19-18-28(36)21-35/h2-17,28,33,36H,18-21H2,1H3,(H,34,38)/t28-/m0/s1. The molecule has 1 heterocycles. The Hall–Kier alpha value is -4.42. The number of nitrogens with one attached hydrogen (secondary N) is 2. The molecule has 4 aromatic carbocycles. The molecule has 38 heavy (non-hydrogen) atoms. The van der Waals surface area contributed by atoms with Crippen molar-refractivity contribution in [3.8, 4) is 11.1 Å². The van der Waals surface area contributed by atoms with Gasteiger partial charge in [0.05, 0.1) is 12.6 Å². The van der Waals surface area contributed by atoms with Crippen LogP contribution in [0.2, 0.25) is 0 Å². The van der Waals surface area contributed by atoms with Crippen LogP contribution in [0.15, 0.2) is 97.1 Å². The summed E-state index contributed by atoms with van der Waals surface area (Å²) in [4.78, 5) is 28.0. The molecular weight excluding hydrogens is 474 g/mol. The third-order valence-corrected chi connectivity index (χ3v) is 6.85. The van der Waals surface area contributed by atoms with E-state index >= 15 is 0 Å². The van der Waals surface area contributed by atoms with Gasteiger partial charge >= 0.3 is 0 Å². The lowest BCUT2D eigenvalue weighted by Gasteiger charge is -2.18. The van der Waals surface area contributed by atoms with Gasteiger partial charge in [-0.3, -0.25) is 9.59 Å². The Morgan fingerprint density at radius 3 is 2.24 bits per heavy atom. The van der Waals surface area contributed by atoms with Crippen LogP contribution in [0.25, 0.3) is 11.1 Å². The van der Waals surface area contributed by atoms with E-state index in [2.05, 4.69) is 15.5 Å². The molecule has 0 aliphatic carbocycles. The van der Waals surface area contributed by atoms with Crippen LogP contribution in [0.4, 0.5) is 17.1 Å². The first-order valence-corrected chi connectivity index (χ1v) is 12.8. The third-order valence-electron chi connectivity index (χ3n) is 6.85. The lowest BCUT2D eigenvalue weighted by molar-refractivity contribution is 0.100. The second-order valence-electron chi connectivity index (χ2n) is 9.66. The predicted molar refractivity (Wildman–Crippen MR) is 153 cm³/mol. The van der Waals surface area contributed by atoms with Gasteiger partial charge in [-0.15, -0.1) is 0 Å². The number of aliphatic hydroxyl groups excluding tert-OH is 1. The van der Waals surface area contributed by atoms with E-state index in [-0.39, 0.29) is 24.3 Å². The number of aryl methyl sites for hydroxylation is 1. The molecule has 0 unspecified atom stereocenters. The molecule has 0 aromatic heterocycles. The molecule has 6 nitrogen and oxygen atoms in total. The van der Waals surface area contributed by atoms with Gasteiger partial charge in [0.2, 0.25) is 0 Å². The number of amides is 1. The Bertz CT molecular complexity index is 1410. The summed E-state index contributed by atoms with van der Waals surface area (Å²) in [5.41, 5.74) is 6.73. The molecular formula is C32H31N3O3. The minimum atomic E-state index is -0.264. The molecule has 5 rings (SSSR count). The fraction of sp³-hybridized carbons (Fsp3) is 0.188. The van der Waals surface area contributed by atoms with Crippen molar-refractivity contribution >= 4 is 28.8 Å². The summed E-state index contributed by atoms with van der Waals surface area (Å²) in [6, 6.07) is 30.5. The van der Waals surface area contributed by atoms with Gasteiger partial charge in [-0.1, -0.05) is 48.0 Å². The molecule has 3 N–H and O–H groups in total. The van der Waals surface area contributed by atoms with Gasteiger partial charge in [-0.25, -0.2) is 0 Å². The third kappa shape index (κ3) is 5.93. The van der Waals surface area contributed by atoms with Crippen LogP contribution in [-0.4, -0.2) is 42.5 Å². The van der Waals surface area contributed by atoms with Gasteiger partial charge in [0.1, 0.15) is 0 Å². The second kappa shape index (κ2) is 11.3. The molecule has 1 fully saturated rings. The number of aliphatic hydroxyl groups is 1. The van der Waals surface area contributed by atoms with Gasteiger partial charge in [-0.05, 0) is 79.1 Å². The summed E-state index contributed by atoms with van der Waals surface area (Å²) in [5, 5.41) is 15.9. The summed E-state index contributed by atoms with van der Waals surface area (Å²) in [6.07, 6.45) is 0.525. The number of Topliss-reactive ketones (excluding diaryl/α,β-unsaturated/α-hetero) is 1. The SMILES string of the molecule is Cc1ccc(-c2ccccc2C(=O)Nc2ccc(C(=O)CNc3ccc(N4CC[C@H](O)C4)cc3)cc2)cc1. The average molecular weight is 506 g/mol. The number of hydrogen-bond donors (Lipinski definition) is 3. The fourth-order valence-corrected chi connectivity index (χ4v) is 4.65. The molecule has 1 aliphatic heterocycles. The normalized spacial score (nSPS) is 14.8. The van der Waals surface area contributed by atoms with E-state index in [9.17, 15) is 14.7 Å². The Balaban J connectivity index is 1.18. The van der Waals surface area contributed by atoms with Crippen molar-refractivity contribution in [1.82, 2.24) is 0 Å².